The van der Waals surface area contributed by atoms with Gasteiger partial charge in [0.05, 0.1) is 38.7 Å². The average Bonchev–Trinajstić information content (AvgIpc) is 2.43. The van der Waals surface area contributed by atoms with Gasteiger partial charge in [0.2, 0.25) is 5.91 Å². The summed E-state index contributed by atoms with van der Waals surface area (Å²) in [6, 6.07) is 3.63. The molecule has 0 saturated carbocycles. The minimum absolute atomic E-state index is 0.0455. The van der Waals surface area contributed by atoms with E-state index < -0.39 is 0 Å². The lowest BCUT2D eigenvalue weighted by molar-refractivity contribution is -0.115. The summed E-state index contributed by atoms with van der Waals surface area (Å²) in [7, 11) is 4.79. The fourth-order valence-corrected chi connectivity index (χ4v) is 2.08. The number of hydrogen-bond donors (Lipinski definition) is 1. The highest BCUT2D eigenvalue weighted by Crippen LogP contribution is 2.39. The molecule has 1 aromatic carbocycles. The number of nitrogens with zero attached hydrogens (tertiary/aromatic N) is 1. The van der Waals surface area contributed by atoms with Crippen molar-refractivity contribution in [3.8, 4) is 11.5 Å². The van der Waals surface area contributed by atoms with Gasteiger partial charge in [-0.15, -0.1) is 0 Å². The van der Waals surface area contributed by atoms with Crippen molar-refractivity contribution >= 4 is 17.3 Å². The Hall–Kier alpha value is -1.95. The smallest absolute Gasteiger partial charge is 0.243 e. The van der Waals surface area contributed by atoms with Gasteiger partial charge in [0, 0.05) is 25.8 Å². The Morgan fingerprint density at radius 3 is 2.53 bits per heavy atom. The molecule has 19 heavy (non-hydrogen) atoms. The number of anilines is 2. The lowest BCUT2D eigenvalue weighted by Gasteiger charge is -2.31. The van der Waals surface area contributed by atoms with E-state index in [2.05, 4.69) is 5.32 Å². The molecule has 0 atom stereocenters. The molecule has 2 rings (SSSR count). The number of carbonyl (C=O) groups excluding carboxylic acids is 1. The van der Waals surface area contributed by atoms with E-state index in [9.17, 15) is 4.79 Å². The van der Waals surface area contributed by atoms with Crippen LogP contribution in [0.15, 0.2) is 12.1 Å². The average molecular weight is 266 g/mol. The first-order valence-electron chi connectivity index (χ1n) is 5.99. The van der Waals surface area contributed by atoms with Gasteiger partial charge in [-0.1, -0.05) is 0 Å². The fourth-order valence-electron chi connectivity index (χ4n) is 2.08. The van der Waals surface area contributed by atoms with Crippen molar-refractivity contribution in [3.05, 3.63) is 12.1 Å². The summed E-state index contributed by atoms with van der Waals surface area (Å²) in [5.74, 6) is 1.19. The lowest BCUT2D eigenvalue weighted by atomic mass is 10.1. The molecule has 6 nitrogen and oxygen atoms in total. The second-order valence-electron chi connectivity index (χ2n) is 4.19. The zero-order chi connectivity index (χ0) is 13.8. The Labute approximate surface area is 112 Å². The first-order valence-corrected chi connectivity index (χ1v) is 5.99. The van der Waals surface area contributed by atoms with E-state index in [0.29, 0.717) is 31.2 Å². The molecule has 1 aromatic rings. The third-order valence-corrected chi connectivity index (χ3v) is 3.02. The van der Waals surface area contributed by atoms with E-state index in [1.807, 2.05) is 11.0 Å². The molecule has 0 spiro atoms. The fraction of sp³-hybridized carbons (Fsp3) is 0.462. The molecule has 104 valence electrons. The predicted octanol–water partition coefficient (Wildman–Crippen LogP) is 1.11. The number of rotatable bonds is 5. The van der Waals surface area contributed by atoms with Crippen LogP contribution >= 0.6 is 0 Å². The van der Waals surface area contributed by atoms with Crippen LogP contribution in [0.2, 0.25) is 0 Å². The van der Waals surface area contributed by atoms with Gasteiger partial charge in [-0.3, -0.25) is 4.79 Å². The number of hydrogen-bond acceptors (Lipinski definition) is 5. The molecule has 0 radical (unpaired) electrons. The molecular weight excluding hydrogens is 248 g/mol. The molecule has 0 saturated heterocycles. The van der Waals surface area contributed by atoms with Crippen molar-refractivity contribution in [3.63, 3.8) is 0 Å². The van der Waals surface area contributed by atoms with Crippen LogP contribution in [0.1, 0.15) is 0 Å². The summed E-state index contributed by atoms with van der Waals surface area (Å²) >= 11 is 0. The van der Waals surface area contributed by atoms with Gasteiger partial charge in [-0.05, 0) is 0 Å². The van der Waals surface area contributed by atoms with Crippen molar-refractivity contribution in [2.45, 2.75) is 0 Å². The highest BCUT2D eigenvalue weighted by molar-refractivity contribution is 6.01. The van der Waals surface area contributed by atoms with E-state index in [0.717, 1.165) is 11.4 Å². The minimum Gasteiger partial charge on any atom is -0.493 e. The zero-order valence-corrected chi connectivity index (χ0v) is 11.4. The van der Waals surface area contributed by atoms with Gasteiger partial charge in [-0.2, -0.15) is 0 Å². The maximum atomic E-state index is 11.7. The summed E-state index contributed by atoms with van der Waals surface area (Å²) < 4.78 is 15.6. The quantitative estimate of drug-likeness (QED) is 0.865. The number of nitrogens with one attached hydrogen (secondary N) is 1. The van der Waals surface area contributed by atoms with Gasteiger partial charge in [0.15, 0.2) is 11.5 Å². The van der Waals surface area contributed by atoms with E-state index in [1.54, 1.807) is 27.4 Å². The molecule has 1 heterocycles. The molecule has 1 aliphatic heterocycles. The van der Waals surface area contributed by atoms with Crippen molar-refractivity contribution in [1.82, 2.24) is 0 Å². The van der Waals surface area contributed by atoms with Gasteiger partial charge < -0.3 is 24.4 Å². The summed E-state index contributed by atoms with van der Waals surface area (Å²) in [5, 5.41) is 2.84. The van der Waals surface area contributed by atoms with E-state index in [-0.39, 0.29) is 5.91 Å². The van der Waals surface area contributed by atoms with Crippen LogP contribution in [0, 0.1) is 0 Å². The van der Waals surface area contributed by atoms with Crippen molar-refractivity contribution in [1.29, 1.82) is 0 Å². The van der Waals surface area contributed by atoms with Crippen LogP contribution < -0.4 is 19.7 Å². The maximum Gasteiger partial charge on any atom is 0.243 e. The number of fused-ring (bicyclic) bond motifs is 1. The predicted molar refractivity (Wildman–Crippen MR) is 72.3 cm³/mol. The first-order chi connectivity index (χ1) is 9.19. The molecule has 1 N–H and O–H groups in total. The summed E-state index contributed by atoms with van der Waals surface area (Å²) in [4.78, 5) is 13.6. The van der Waals surface area contributed by atoms with Crippen LogP contribution in [-0.4, -0.2) is 46.9 Å². The topological polar surface area (TPSA) is 60.0 Å². The lowest BCUT2D eigenvalue weighted by Crippen LogP contribution is -2.39. The van der Waals surface area contributed by atoms with Crippen molar-refractivity contribution in [2.75, 3.05) is 51.2 Å². The molecule has 0 aliphatic carbocycles. The molecule has 0 bridgehead atoms. The van der Waals surface area contributed by atoms with Gasteiger partial charge in [0.1, 0.15) is 0 Å². The van der Waals surface area contributed by atoms with Crippen LogP contribution in [0.4, 0.5) is 11.4 Å². The maximum absolute atomic E-state index is 11.7. The van der Waals surface area contributed by atoms with Crippen LogP contribution in [0.5, 0.6) is 11.5 Å². The van der Waals surface area contributed by atoms with Gasteiger partial charge >= 0.3 is 0 Å². The molecule has 0 unspecified atom stereocenters. The molecule has 1 amide bonds. The van der Waals surface area contributed by atoms with Crippen LogP contribution in [0.25, 0.3) is 0 Å². The molecule has 1 aliphatic rings. The Bertz CT molecular complexity index is 476. The second kappa shape index (κ2) is 5.79. The Balaban J connectivity index is 2.38. The Morgan fingerprint density at radius 2 is 1.89 bits per heavy atom. The number of amides is 1. The van der Waals surface area contributed by atoms with Crippen LogP contribution in [-0.2, 0) is 9.53 Å². The highest BCUT2D eigenvalue weighted by atomic mass is 16.5. The van der Waals surface area contributed by atoms with Crippen LogP contribution in [0.3, 0.4) is 0 Å². The monoisotopic (exact) mass is 266 g/mol. The molecule has 0 fully saturated rings. The molecule has 6 heteroatoms. The Kier molecular flexibility index (Phi) is 4.11. The number of carbonyl (C=O) groups is 1. The number of benzene rings is 1. The third-order valence-electron chi connectivity index (χ3n) is 3.02. The summed E-state index contributed by atoms with van der Waals surface area (Å²) in [6.07, 6.45) is 0. The SMILES string of the molecule is COCCN1CC(=O)Nc2cc(OC)c(OC)cc21. The number of methoxy groups -OCH3 is 3. The van der Waals surface area contributed by atoms with Gasteiger partial charge in [0.25, 0.3) is 0 Å². The second-order valence-corrected chi connectivity index (χ2v) is 4.19. The third kappa shape index (κ3) is 2.73. The Morgan fingerprint density at radius 1 is 1.21 bits per heavy atom. The highest BCUT2D eigenvalue weighted by Gasteiger charge is 2.24. The van der Waals surface area contributed by atoms with Gasteiger partial charge in [-0.25, -0.2) is 0 Å². The standard InChI is InChI=1S/C13H18N2O4/c1-17-5-4-15-8-13(16)14-9-6-11(18-2)12(19-3)7-10(9)15/h6-7H,4-5,8H2,1-3H3,(H,14,16). The summed E-state index contributed by atoms with van der Waals surface area (Å²) in [6.45, 7) is 1.51. The minimum atomic E-state index is -0.0455. The normalized spacial score (nSPS) is 13.8. The summed E-state index contributed by atoms with van der Waals surface area (Å²) in [5.41, 5.74) is 1.64. The molecular formula is C13H18N2O4. The van der Waals surface area contributed by atoms with E-state index in [1.165, 1.54) is 0 Å². The van der Waals surface area contributed by atoms with Crippen molar-refractivity contribution in [2.24, 2.45) is 0 Å². The van der Waals surface area contributed by atoms with Crippen molar-refractivity contribution < 1.29 is 19.0 Å². The van der Waals surface area contributed by atoms with E-state index in [4.69, 9.17) is 14.2 Å². The first kappa shape index (κ1) is 13.5. The van der Waals surface area contributed by atoms with E-state index >= 15 is 0 Å². The number of ether oxygens (including phenoxy) is 3. The largest absolute Gasteiger partial charge is 0.493 e. The zero-order valence-electron chi connectivity index (χ0n) is 11.4. The molecule has 0 aromatic heterocycles.